The van der Waals surface area contributed by atoms with Gasteiger partial charge >= 0.3 is 5.97 Å². The Labute approximate surface area is 78.3 Å². The first-order chi connectivity index (χ1) is 6.18. The van der Waals surface area contributed by atoms with Gasteiger partial charge in [-0.25, -0.2) is 0 Å². The van der Waals surface area contributed by atoms with E-state index >= 15 is 0 Å². The van der Waals surface area contributed by atoms with Gasteiger partial charge in [-0.05, 0) is 19.4 Å². The SMILES string of the molecule is COCCCCNCC(N)C(=O)O. The Morgan fingerprint density at radius 1 is 1.62 bits per heavy atom. The monoisotopic (exact) mass is 190 g/mol. The molecule has 0 aromatic rings. The molecule has 0 radical (unpaired) electrons. The lowest BCUT2D eigenvalue weighted by Gasteiger charge is -2.07. The van der Waals surface area contributed by atoms with E-state index in [1.165, 1.54) is 0 Å². The maximum Gasteiger partial charge on any atom is 0.321 e. The van der Waals surface area contributed by atoms with Crippen molar-refractivity contribution in [1.82, 2.24) is 5.32 Å². The third-order valence-corrected chi connectivity index (χ3v) is 1.63. The van der Waals surface area contributed by atoms with E-state index in [0.29, 0.717) is 6.54 Å². The number of carboxylic acid groups (broad SMARTS) is 1. The zero-order valence-corrected chi connectivity index (χ0v) is 7.95. The molecule has 0 heterocycles. The minimum absolute atomic E-state index is 0.322. The van der Waals surface area contributed by atoms with Gasteiger partial charge in [0.1, 0.15) is 6.04 Å². The highest BCUT2D eigenvalue weighted by molar-refractivity contribution is 5.73. The molecule has 0 aliphatic heterocycles. The molecule has 0 spiro atoms. The van der Waals surface area contributed by atoms with Gasteiger partial charge in [0, 0.05) is 20.3 Å². The maximum absolute atomic E-state index is 10.3. The lowest BCUT2D eigenvalue weighted by molar-refractivity contribution is -0.138. The molecule has 0 fully saturated rings. The average molecular weight is 190 g/mol. The summed E-state index contributed by atoms with van der Waals surface area (Å²) in [5.41, 5.74) is 5.27. The zero-order valence-electron chi connectivity index (χ0n) is 7.95. The fourth-order valence-electron chi connectivity index (χ4n) is 0.841. The molecule has 0 aliphatic rings. The molecule has 0 aromatic heterocycles. The summed E-state index contributed by atoms with van der Waals surface area (Å²) < 4.78 is 4.86. The number of hydrogen-bond donors (Lipinski definition) is 3. The Bertz CT molecular complexity index is 141. The highest BCUT2D eigenvalue weighted by Gasteiger charge is 2.09. The van der Waals surface area contributed by atoms with Gasteiger partial charge in [-0.1, -0.05) is 0 Å². The van der Waals surface area contributed by atoms with Crippen LogP contribution in [0.25, 0.3) is 0 Å². The summed E-state index contributed by atoms with van der Waals surface area (Å²) in [7, 11) is 1.66. The van der Waals surface area contributed by atoms with Crippen molar-refractivity contribution in [2.24, 2.45) is 5.73 Å². The molecule has 0 amide bonds. The summed E-state index contributed by atoms with van der Waals surface area (Å²) in [5.74, 6) is -0.968. The quantitative estimate of drug-likeness (QED) is 0.446. The van der Waals surface area contributed by atoms with Gasteiger partial charge in [-0.3, -0.25) is 4.79 Å². The van der Waals surface area contributed by atoms with Crippen LogP contribution in [0, 0.1) is 0 Å². The minimum Gasteiger partial charge on any atom is -0.480 e. The summed E-state index contributed by atoms with van der Waals surface area (Å²) >= 11 is 0. The van der Waals surface area contributed by atoms with Crippen LogP contribution in [-0.2, 0) is 9.53 Å². The normalized spacial score (nSPS) is 12.8. The van der Waals surface area contributed by atoms with Crippen molar-refractivity contribution >= 4 is 5.97 Å². The van der Waals surface area contributed by atoms with Crippen molar-refractivity contribution in [3.63, 3.8) is 0 Å². The molecule has 0 aromatic carbocycles. The van der Waals surface area contributed by atoms with Crippen LogP contribution in [0.2, 0.25) is 0 Å². The van der Waals surface area contributed by atoms with Crippen molar-refractivity contribution in [3.8, 4) is 0 Å². The summed E-state index contributed by atoms with van der Waals surface area (Å²) in [6, 6.07) is -0.803. The van der Waals surface area contributed by atoms with Gasteiger partial charge in [-0.15, -0.1) is 0 Å². The van der Waals surface area contributed by atoms with Gasteiger partial charge in [-0.2, -0.15) is 0 Å². The largest absolute Gasteiger partial charge is 0.480 e. The number of carbonyl (C=O) groups is 1. The Kier molecular flexibility index (Phi) is 7.57. The molecule has 78 valence electrons. The first-order valence-corrected chi connectivity index (χ1v) is 4.36. The molecular weight excluding hydrogens is 172 g/mol. The Hall–Kier alpha value is -0.650. The van der Waals surface area contributed by atoms with Crippen molar-refractivity contribution in [2.45, 2.75) is 18.9 Å². The van der Waals surface area contributed by atoms with Crippen LogP contribution in [0.15, 0.2) is 0 Å². The van der Waals surface area contributed by atoms with Gasteiger partial charge < -0.3 is 20.9 Å². The van der Waals surface area contributed by atoms with Crippen LogP contribution < -0.4 is 11.1 Å². The molecular formula is C8H18N2O3. The number of nitrogens with one attached hydrogen (secondary N) is 1. The molecule has 0 aliphatic carbocycles. The van der Waals surface area contributed by atoms with Crippen LogP contribution in [0.5, 0.6) is 0 Å². The van der Waals surface area contributed by atoms with Gasteiger partial charge in [0.15, 0.2) is 0 Å². The van der Waals surface area contributed by atoms with Crippen molar-refractivity contribution in [3.05, 3.63) is 0 Å². The number of methoxy groups -OCH3 is 1. The van der Waals surface area contributed by atoms with E-state index in [1.54, 1.807) is 7.11 Å². The van der Waals surface area contributed by atoms with Crippen LogP contribution in [0.4, 0.5) is 0 Å². The third kappa shape index (κ3) is 7.70. The molecule has 4 N–H and O–H groups in total. The summed E-state index contributed by atoms with van der Waals surface area (Å²) in [6.45, 7) is 1.85. The topological polar surface area (TPSA) is 84.6 Å². The van der Waals surface area contributed by atoms with Crippen molar-refractivity contribution < 1.29 is 14.6 Å². The van der Waals surface area contributed by atoms with E-state index in [0.717, 1.165) is 26.0 Å². The Morgan fingerprint density at radius 2 is 2.31 bits per heavy atom. The van der Waals surface area contributed by atoms with E-state index < -0.39 is 12.0 Å². The highest BCUT2D eigenvalue weighted by atomic mass is 16.5. The van der Waals surface area contributed by atoms with Crippen LogP contribution in [0.1, 0.15) is 12.8 Å². The minimum atomic E-state index is -0.968. The molecule has 5 nitrogen and oxygen atoms in total. The number of ether oxygens (including phenoxy) is 1. The Morgan fingerprint density at radius 3 is 2.85 bits per heavy atom. The second-order valence-electron chi connectivity index (χ2n) is 2.85. The molecule has 5 heteroatoms. The summed E-state index contributed by atoms with van der Waals surface area (Å²) in [5, 5.41) is 11.4. The number of aliphatic carboxylic acids is 1. The second-order valence-corrected chi connectivity index (χ2v) is 2.85. The van der Waals surface area contributed by atoms with Gasteiger partial charge in [0.2, 0.25) is 0 Å². The van der Waals surface area contributed by atoms with E-state index in [9.17, 15) is 4.79 Å². The second kappa shape index (κ2) is 7.97. The third-order valence-electron chi connectivity index (χ3n) is 1.63. The zero-order chi connectivity index (χ0) is 10.1. The average Bonchev–Trinajstić information content (AvgIpc) is 2.10. The standard InChI is InChI=1S/C8H18N2O3/c1-13-5-3-2-4-10-6-7(9)8(11)12/h7,10H,2-6,9H2,1H3,(H,11,12). The van der Waals surface area contributed by atoms with Crippen LogP contribution in [-0.4, -0.2) is 43.9 Å². The fraction of sp³-hybridized carbons (Fsp3) is 0.875. The molecule has 0 saturated heterocycles. The van der Waals surface area contributed by atoms with Gasteiger partial charge in [0.05, 0.1) is 0 Å². The van der Waals surface area contributed by atoms with E-state index in [4.69, 9.17) is 15.6 Å². The van der Waals surface area contributed by atoms with Crippen molar-refractivity contribution in [2.75, 3.05) is 26.8 Å². The smallest absolute Gasteiger partial charge is 0.321 e. The maximum atomic E-state index is 10.3. The molecule has 0 bridgehead atoms. The first kappa shape index (κ1) is 12.3. The summed E-state index contributed by atoms with van der Waals surface area (Å²) in [4.78, 5) is 10.3. The van der Waals surface area contributed by atoms with E-state index in [-0.39, 0.29) is 0 Å². The van der Waals surface area contributed by atoms with Gasteiger partial charge in [0.25, 0.3) is 0 Å². The molecule has 1 atom stereocenters. The summed E-state index contributed by atoms with van der Waals surface area (Å²) in [6.07, 6.45) is 1.95. The van der Waals surface area contributed by atoms with Crippen molar-refractivity contribution in [1.29, 1.82) is 0 Å². The van der Waals surface area contributed by atoms with E-state index in [1.807, 2.05) is 0 Å². The highest BCUT2D eigenvalue weighted by Crippen LogP contribution is 1.86. The number of rotatable bonds is 8. The molecule has 0 saturated carbocycles. The lowest BCUT2D eigenvalue weighted by atomic mass is 10.3. The number of carboxylic acids is 1. The molecule has 1 unspecified atom stereocenters. The number of nitrogens with two attached hydrogens (primary N) is 1. The Balaban J connectivity index is 3.11. The van der Waals surface area contributed by atoms with E-state index in [2.05, 4.69) is 5.32 Å². The first-order valence-electron chi connectivity index (χ1n) is 4.36. The fourth-order valence-corrected chi connectivity index (χ4v) is 0.841. The van der Waals surface area contributed by atoms with Crippen LogP contribution >= 0.6 is 0 Å². The lowest BCUT2D eigenvalue weighted by Crippen LogP contribution is -2.40. The predicted octanol–water partition coefficient (Wildman–Crippen LogP) is -0.585. The molecule has 13 heavy (non-hydrogen) atoms. The predicted molar refractivity (Wildman–Crippen MR) is 49.6 cm³/mol. The number of hydrogen-bond acceptors (Lipinski definition) is 4. The molecule has 0 rings (SSSR count). The number of unbranched alkanes of at least 4 members (excludes halogenated alkanes) is 1. The van der Waals surface area contributed by atoms with Crippen LogP contribution in [0.3, 0.4) is 0 Å².